The number of nitrogens with one attached hydrogen (secondary N) is 1. The zero-order valence-electron chi connectivity index (χ0n) is 11.5. The van der Waals surface area contributed by atoms with Crippen LogP contribution in [0.5, 0.6) is 5.75 Å². The van der Waals surface area contributed by atoms with Crippen LogP contribution in [0.4, 0.5) is 0 Å². The summed E-state index contributed by atoms with van der Waals surface area (Å²) in [5, 5.41) is 3.52. The molecule has 100 valence electrons. The van der Waals surface area contributed by atoms with Crippen molar-refractivity contribution in [1.29, 1.82) is 0 Å². The molecule has 0 amide bonds. The fourth-order valence-electron chi connectivity index (χ4n) is 2.55. The van der Waals surface area contributed by atoms with Crippen molar-refractivity contribution in [3.05, 3.63) is 29.8 Å². The molecule has 0 aromatic heterocycles. The normalized spacial score (nSPS) is 27.4. The smallest absolute Gasteiger partial charge is 0.118 e. The van der Waals surface area contributed by atoms with Gasteiger partial charge in [-0.25, -0.2) is 0 Å². The number of ether oxygens (including phenoxy) is 2. The van der Waals surface area contributed by atoms with Gasteiger partial charge < -0.3 is 14.8 Å². The van der Waals surface area contributed by atoms with Crippen LogP contribution in [0.1, 0.15) is 25.8 Å². The standard InChI is InChI=1S/C15H23NO2/c1-4-14-11(2)15(9-16-14)18-10-12-5-7-13(17-3)8-6-12/h5-8,11,14-16H,4,9-10H2,1-3H3/t11-,14-,15-/m1/s1. The van der Waals surface area contributed by atoms with Crippen molar-refractivity contribution in [2.75, 3.05) is 13.7 Å². The summed E-state index contributed by atoms with van der Waals surface area (Å²) in [6, 6.07) is 8.67. The van der Waals surface area contributed by atoms with E-state index >= 15 is 0 Å². The minimum Gasteiger partial charge on any atom is -0.497 e. The van der Waals surface area contributed by atoms with E-state index in [1.54, 1.807) is 7.11 Å². The average molecular weight is 249 g/mol. The highest BCUT2D eigenvalue weighted by atomic mass is 16.5. The van der Waals surface area contributed by atoms with Crippen molar-refractivity contribution in [3.8, 4) is 5.75 Å². The molecule has 0 saturated carbocycles. The van der Waals surface area contributed by atoms with Gasteiger partial charge in [-0.1, -0.05) is 26.0 Å². The summed E-state index contributed by atoms with van der Waals surface area (Å²) in [7, 11) is 1.68. The van der Waals surface area contributed by atoms with Crippen LogP contribution in [0.2, 0.25) is 0 Å². The van der Waals surface area contributed by atoms with Gasteiger partial charge in [-0.15, -0.1) is 0 Å². The van der Waals surface area contributed by atoms with Gasteiger partial charge in [0.15, 0.2) is 0 Å². The molecule has 3 heteroatoms. The lowest BCUT2D eigenvalue weighted by molar-refractivity contribution is 0.0261. The van der Waals surface area contributed by atoms with Gasteiger partial charge in [0, 0.05) is 12.6 Å². The summed E-state index contributed by atoms with van der Waals surface area (Å²) in [6.45, 7) is 6.14. The van der Waals surface area contributed by atoms with E-state index in [0.717, 1.165) is 12.3 Å². The summed E-state index contributed by atoms with van der Waals surface area (Å²) >= 11 is 0. The van der Waals surface area contributed by atoms with Gasteiger partial charge in [0.25, 0.3) is 0 Å². The first kappa shape index (κ1) is 13.4. The van der Waals surface area contributed by atoms with Crippen LogP contribution in [0, 0.1) is 5.92 Å². The Bertz CT molecular complexity index is 363. The second-order valence-corrected chi connectivity index (χ2v) is 4.98. The van der Waals surface area contributed by atoms with Gasteiger partial charge in [-0.3, -0.25) is 0 Å². The molecular weight excluding hydrogens is 226 g/mol. The van der Waals surface area contributed by atoms with Gasteiger partial charge in [0.1, 0.15) is 5.75 Å². The fourth-order valence-corrected chi connectivity index (χ4v) is 2.55. The van der Waals surface area contributed by atoms with E-state index in [4.69, 9.17) is 9.47 Å². The molecule has 1 heterocycles. The monoisotopic (exact) mass is 249 g/mol. The highest BCUT2D eigenvalue weighted by Gasteiger charge is 2.31. The summed E-state index contributed by atoms with van der Waals surface area (Å²) in [5.74, 6) is 1.48. The molecule has 3 nitrogen and oxygen atoms in total. The Hall–Kier alpha value is -1.06. The topological polar surface area (TPSA) is 30.5 Å². The van der Waals surface area contributed by atoms with Crippen LogP contribution < -0.4 is 10.1 Å². The molecule has 18 heavy (non-hydrogen) atoms. The predicted molar refractivity (Wildman–Crippen MR) is 72.8 cm³/mol. The molecule has 1 fully saturated rings. The lowest BCUT2D eigenvalue weighted by Crippen LogP contribution is -2.25. The molecular formula is C15H23NO2. The molecule has 1 aromatic rings. The van der Waals surface area contributed by atoms with E-state index in [1.165, 1.54) is 12.0 Å². The Morgan fingerprint density at radius 3 is 2.56 bits per heavy atom. The van der Waals surface area contributed by atoms with Crippen LogP contribution in [0.25, 0.3) is 0 Å². The third-order valence-corrected chi connectivity index (χ3v) is 3.87. The van der Waals surface area contributed by atoms with Crippen LogP contribution in [0.3, 0.4) is 0 Å². The van der Waals surface area contributed by atoms with Crippen molar-refractivity contribution in [2.45, 2.75) is 39.0 Å². The van der Waals surface area contributed by atoms with E-state index in [1.807, 2.05) is 12.1 Å². The van der Waals surface area contributed by atoms with Crippen molar-refractivity contribution >= 4 is 0 Å². The molecule has 2 rings (SSSR count). The average Bonchev–Trinajstić information content (AvgIpc) is 2.77. The van der Waals surface area contributed by atoms with Crippen molar-refractivity contribution in [1.82, 2.24) is 5.32 Å². The van der Waals surface area contributed by atoms with Gasteiger partial charge in [0.2, 0.25) is 0 Å². The number of methoxy groups -OCH3 is 1. The maximum absolute atomic E-state index is 6.00. The number of rotatable bonds is 5. The third kappa shape index (κ3) is 3.03. The molecule has 0 spiro atoms. The SMILES string of the molecule is CC[C@H]1NC[C@@H](OCc2ccc(OC)cc2)[C@@H]1C. The largest absolute Gasteiger partial charge is 0.497 e. The Balaban J connectivity index is 1.84. The molecule has 0 bridgehead atoms. The van der Waals surface area contributed by atoms with E-state index in [-0.39, 0.29) is 0 Å². The summed E-state index contributed by atoms with van der Waals surface area (Å²) in [4.78, 5) is 0. The number of hydrogen-bond acceptors (Lipinski definition) is 3. The zero-order valence-corrected chi connectivity index (χ0v) is 11.5. The van der Waals surface area contributed by atoms with E-state index in [9.17, 15) is 0 Å². The Morgan fingerprint density at radius 1 is 1.28 bits per heavy atom. The molecule has 1 saturated heterocycles. The highest BCUT2D eigenvalue weighted by Crippen LogP contribution is 2.22. The number of benzene rings is 1. The van der Waals surface area contributed by atoms with Crippen molar-refractivity contribution in [3.63, 3.8) is 0 Å². The summed E-state index contributed by atoms with van der Waals surface area (Å²) in [6.07, 6.45) is 1.50. The second-order valence-electron chi connectivity index (χ2n) is 4.98. The van der Waals surface area contributed by atoms with Crippen LogP contribution in [0.15, 0.2) is 24.3 Å². The van der Waals surface area contributed by atoms with Gasteiger partial charge in [-0.2, -0.15) is 0 Å². The van der Waals surface area contributed by atoms with Crippen LogP contribution in [-0.4, -0.2) is 25.8 Å². The van der Waals surface area contributed by atoms with Crippen molar-refractivity contribution in [2.24, 2.45) is 5.92 Å². The lowest BCUT2D eigenvalue weighted by Gasteiger charge is -2.19. The van der Waals surface area contributed by atoms with Crippen LogP contribution >= 0.6 is 0 Å². The first-order valence-electron chi connectivity index (χ1n) is 6.72. The Kier molecular flexibility index (Phi) is 4.61. The van der Waals surface area contributed by atoms with Gasteiger partial charge in [-0.05, 0) is 30.0 Å². The van der Waals surface area contributed by atoms with E-state index < -0.39 is 0 Å². The van der Waals surface area contributed by atoms with Crippen LogP contribution in [-0.2, 0) is 11.3 Å². The molecule has 0 unspecified atom stereocenters. The maximum Gasteiger partial charge on any atom is 0.118 e. The molecule has 0 radical (unpaired) electrons. The maximum atomic E-state index is 6.00. The van der Waals surface area contributed by atoms with E-state index in [0.29, 0.717) is 24.7 Å². The van der Waals surface area contributed by atoms with Gasteiger partial charge >= 0.3 is 0 Å². The Labute approximate surface area is 109 Å². The molecule has 1 aliphatic heterocycles. The Morgan fingerprint density at radius 2 is 2.00 bits per heavy atom. The zero-order chi connectivity index (χ0) is 13.0. The molecule has 1 aromatic carbocycles. The van der Waals surface area contributed by atoms with Gasteiger partial charge in [0.05, 0.1) is 19.8 Å². The first-order valence-corrected chi connectivity index (χ1v) is 6.72. The third-order valence-electron chi connectivity index (χ3n) is 3.87. The number of hydrogen-bond donors (Lipinski definition) is 1. The minimum atomic E-state index is 0.331. The molecule has 3 atom stereocenters. The first-order chi connectivity index (χ1) is 8.74. The predicted octanol–water partition coefficient (Wildman–Crippen LogP) is 2.60. The van der Waals surface area contributed by atoms with E-state index in [2.05, 4.69) is 31.3 Å². The second kappa shape index (κ2) is 6.21. The summed E-state index contributed by atoms with van der Waals surface area (Å²) in [5.41, 5.74) is 1.20. The lowest BCUT2D eigenvalue weighted by atomic mass is 9.99. The summed E-state index contributed by atoms with van der Waals surface area (Å²) < 4.78 is 11.1. The quantitative estimate of drug-likeness (QED) is 0.870. The highest BCUT2D eigenvalue weighted by molar-refractivity contribution is 5.26. The molecule has 1 N–H and O–H groups in total. The fraction of sp³-hybridized carbons (Fsp3) is 0.600. The van der Waals surface area contributed by atoms with Crippen molar-refractivity contribution < 1.29 is 9.47 Å². The minimum absolute atomic E-state index is 0.331. The molecule has 0 aliphatic carbocycles. The molecule has 1 aliphatic rings.